The first-order valence-corrected chi connectivity index (χ1v) is 14.3. The van der Waals surface area contributed by atoms with Crippen molar-refractivity contribution in [3.05, 3.63) is 40.4 Å². The molecule has 0 aromatic carbocycles. The van der Waals surface area contributed by atoms with Crippen molar-refractivity contribution in [3.8, 4) is 0 Å². The molecule has 0 aliphatic carbocycles. The maximum atomic E-state index is 14.4. The molecule has 2 N–H and O–H groups in total. The average Bonchev–Trinajstić information content (AvgIpc) is 3.15. The molecule has 11 heteroatoms. The molecule has 182 valence electrons. The van der Waals surface area contributed by atoms with E-state index in [2.05, 4.69) is 41.0 Å². The minimum atomic E-state index is -4.34. The summed E-state index contributed by atoms with van der Waals surface area (Å²) in [5, 5.41) is 2.75. The molecule has 0 bridgehead atoms. The third-order valence-electron chi connectivity index (χ3n) is 6.73. The second kappa shape index (κ2) is 7.42. The maximum Gasteiger partial charge on any atom is 0.352 e. The van der Waals surface area contributed by atoms with Crippen molar-refractivity contribution in [2.24, 2.45) is 5.41 Å². The normalized spacial score (nSPS) is 22.8. The molecule has 2 aromatic heterocycles. The van der Waals surface area contributed by atoms with Crippen LogP contribution in [-0.2, 0) is 13.5 Å². The van der Waals surface area contributed by atoms with Gasteiger partial charge in [0.25, 0.3) is 11.0 Å². The number of hydrogen-bond acceptors (Lipinski definition) is 7. The van der Waals surface area contributed by atoms with Gasteiger partial charge in [0.15, 0.2) is 5.65 Å². The van der Waals surface area contributed by atoms with E-state index in [1.807, 2.05) is 6.92 Å². The van der Waals surface area contributed by atoms with Crippen LogP contribution >= 0.6 is 11.8 Å². The van der Waals surface area contributed by atoms with Gasteiger partial charge in [0, 0.05) is 51.8 Å². The summed E-state index contributed by atoms with van der Waals surface area (Å²) in [6.45, 7) is 10.9. The van der Waals surface area contributed by atoms with Gasteiger partial charge in [0.05, 0.1) is 11.8 Å². The number of amides is 2. The van der Waals surface area contributed by atoms with Crippen molar-refractivity contribution in [3.63, 3.8) is 0 Å². The topological polar surface area (TPSA) is 121 Å². The summed E-state index contributed by atoms with van der Waals surface area (Å²) < 4.78 is 20.1. The Balaban J connectivity index is 1.53. The molecular formula is C23H29N5O4S2. The Morgan fingerprint density at radius 1 is 1.29 bits per heavy atom. The van der Waals surface area contributed by atoms with E-state index < -0.39 is 14.6 Å². The lowest BCUT2D eigenvalue weighted by molar-refractivity contribution is 0.0911. The number of nitrogens with zero attached hydrogens (tertiary/aromatic N) is 3. The summed E-state index contributed by atoms with van der Waals surface area (Å²) >= 11 is 1.76. The van der Waals surface area contributed by atoms with E-state index in [0.29, 0.717) is 35.4 Å². The molecule has 1 atom stereocenters. The number of nitrogens with one attached hydrogen (secondary N) is 2. The van der Waals surface area contributed by atoms with Gasteiger partial charge in [0.1, 0.15) is 16.1 Å². The first-order valence-electron chi connectivity index (χ1n) is 11.3. The Morgan fingerprint density at radius 2 is 2.00 bits per heavy atom. The van der Waals surface area contributed by atoms with Crippen LogP contribution in [-0.4, -0.2) is 65.8 Å². The largest absolute Gasteiger partial charge is 0.358 e. The zero-order valence-electron chi connectivity index (χ0n) is 19.9. The van der Waals surface area contributed by atoms with Gasteiger partial charge in [-0.25, -0.2) is 14.8 Å². The Kier molecular flexibility index (Phi) is 5.04. The van der Waals surface area contributed by atoms with Crippen LogP contribution in [0.3, 0.4) is 0 Å². The number of thioether (sulfide) groups is 1. The van der Waals surface area contributed by atoms with Gasteiger partial charge >= 0.3 is 5.24 Å². The standard InChI is InChI=1S/C23H29N5O4S2/c1-13-10-17(34(31,21(13)32-34)22(30)28-6-8-33-9-7-28)16-12-25-19-18(27-16)15(11-24-19)20(29)26-14(2)23(3,4)5/h10-12,14H,6-9H2,1-5H3,(H,24,25)(H,26,29)/t14-/m0/s1. The highest BCUT2D eigenvalue weighted by Gasteiger charge is 2.69. The van der Waals surface area contributed by atoms with Crippen LogP contribution < -0.4 is 5.32 Å². The van der Waals surface area contributed by atoms with E-state index in [-0.39, 0.29) is 33.1 Å². The molecule has 2 aromatic rings. The van der Waals surface area contributed by atoms with Crippen molar-refractivity contribution in [2.75, 3.05) is 24.6 Å². The molecule has 9 nitrogen and oxygen atoms in total. The van der Waals surface area contributed by atoms with Gasteiger partial charge in [-0.2, -0.15) is 16.0 Å². The Bertz CT molecular complexity index is 1360. The van der Waals surface area contributed by atoms with Crippen LogP contribution in [0.25, 0.3) is 16.1 Å². The van der Waals surface area contributed by atoms with Crippen molar-refractivity contribution >= 4 is 48.3 Å². The van der Waals surface area contributed by atoms with Crippen LogP contribution in [0.2, 0.25) is 0 Å². The summed E-state index contributed by atoms with van der Waals surface area (Å²) in [6.07, 6.45) is 4.75. The lowest BCUT2D eigenvalue weighted by Crippen LogP contribution is -2.45. The fourth-order valence-electron chi connectivity index (χ4n) is 4.12. The molecule has 34 heavy (non-hydrogen) atoms. The summed E-state index contributed by atoms with van der Waals surface area (Å²) in [6, 6.07) is -0.0767. The first-order chi connectivity index (χ1) is 15.9. The lowest BCUT2D eigenvalue weighted by Gasteiger charge is -2.32. The van der Waals surface area contributed by atoms with Gasteiger partial charge in [-0.05, 0) is 25.3 Å². The zero-order valence-corrected chi connectivity index (χ0v) is 21.6. The number of hydrogen-bond donors (Lipinski definition) is 2. The zero-order chi connectivity index (χ0) is 24.5. The smallest absolute Gasteiger partial charge is 0.352 e. The molecule has 0 saturated carbocycles. The van der Waals surface area contributed by atoms with E-state index >= 15 is 0 Å². The molecule has 0 radical (unpaired) electrons. The van der Waals surface area contributed by atoms with E-state index in [1.165, 1.54) is 6.20 Å². The highest BCUT2D eigenvalue weighted by molar-refractivity contribution is 8.42. The van der Waals surface area contributed by atoms with E-state index in [9.17, 15) is 13.8 Å². The van der Waals surface area contributed by atoms with Crippen LogP contribution in [0, 0.1) is 5.41 Å². The molecule has 2 fully saturated rings. The maximum absolute atomic E-state index is 14.4. The number of aromatic nitrogens is 3. The Morgan fingerprint density at radius 3 is 2.65 bits per heavy atom. The minimum absolute atomic E-state index is 0.0767. The molecule has 5 heterocycles. The number of allylic oxidation sites excluding steroid dienone is 2. The predicted molar refractivity (Wildman–Crippen MR) is 134 cm³/mol. The quantitative estimate of drug-likeness (QED) is 0.614. The summed E-state index contributed by atoms with van der Waals surface area (Å²) in [5.74, 6) is 1.32. The van der Waals surface area contributed by atoms with Gasteiger partial charge in [-0.15, -0.1) is 0 Å². The second-order valence-electron chi connectivity index (χ2n) is 10.0. The molecule has 2 amide bonds. The number of fused-ring (bicyclic) bond motifs is 2. The van der Waals surface area contributed by atoms with Gasteiger partial charge in [-0.3, -0.25) is 4.79 Å². The van der Waals surface area contributed by atoms with E-state index in [4.69, 9.17) is 4.18 Å². The van der Waals surface area contributed by atoms with Crippen molar-refractivity contribution in [1.82, 2.24) is 25.2 Å². The first kappa shape index (κ1) is 23.1. The molecule has 0 unspecified atom stereocenters. The highest BCUT2D eigenvalue weighted by Crippen LogP contribution is 2.68. The van der Waals surface area contributed by atoms with Crippen molar-refractivity contribution in [1.29, 1.82) is 0 Å². The molecule has 3 aliphatic heterocycles. The lowest BCUT2D eigenvalue weighted by atomic mass is 9.88. The van der Waals surface area contributed by atoms with E-state index in [0.717, 1.165) is 11.5 Å². The SMILES string of the molecule is CC1=C2OS2(=O)(C(=O)N2CCSCC2)C(c2cnc3[nH]cc(C(=O)N[C@@H](C)C(C)(C)C)c3n2)=C1. The predicted octanol–water partition coefficient (Wildman–Crippen LogP) is 3.64. The molecule has 0 spiro atoms. The van der Waals surface area contributed by atoms with Crippen LogP contribution in [0.4, 0.5) is 4.79 Å². The molecule has 2 saturated heterocycles. The van der Waals surface area contributed by atoms with Crippen LogP contribution in [0.15, 0.2) is 29.1 Å². The van der Waals surface area contributed by atoms with E-state index in [1.54, 1.807) is 35.9 Å². The number of rotatable bonds is 3. The fraction of sp³-hybridized carbons (Fsp3) is 0.478. The summed E-state index contributed by atoms with van der Waals surface area (Å²) in [7, 11) is -4.34. The summed E-state index contributed by atoms with van der Waals surface area (Å²) in [4.78, 5) is 40.5. The number of H-pyrrole nitrogens is 1. The monoisotopic (exact) mass is 503 g/mol. The summed E-state index contributed by atoms with van der Waals surface area (Å²) in [5.41, 5.74) is 1.94. The molecule has 3 aliphatic rings. The van der Waals surface area contributed by atoms with Crippen LogP contribution in [0.5, 0.6) is 0 Å². The highest BCUT2D eigenvalue weighted by atomic mass is 32.3. The Hall–Kier alpha value is -2.66. The number of aromatic amines is 1. The van der Waals surface area contributed by atoms with Gasteiger partial charge in [-0.1, -0.05) is 20.8 Å². The molecular weight excluding hydrogens is 474 g/mol. The van der Waals surface area contributed by atoms with Crippen molar-refractivity contribution < 1.29 is 18.0 Å². The second-order valence-corrected chi connectivity index (χ2v) is 14.3. The Labute approximate surface area is 202 Å². The number of carbonyl (C=O) groups excluding carboxylic acids is 2. The third-order valence-corrected chi connectivity index (χ3v) is 11.1. The van der Waals surface area contributed by atoms with Gasteiger partial charge in [0.2, 0.25) is 0 Å². The van der Waals surface area contributed by atoms with Crippen LogP contribution in [0.1, 0.15) is 50.7 Å². The van der Waals surface area contributed by atoms with Crippen molar-refractivity contribution in [2.45, 2.75) is 40.7 Å². The third kappa shape index (κ3) is 3.24. The van der Waals surface area contributed by atoms with Gasteiger partial charge < -0.3 is 19.4 Å². The average molecular weight is 504 g/mol. The molecule has 5 rings (SSSR count). The minimum Gasteiger partial charge on any atom is -0.358 e. The fourth-order valence-corrected chi connectivity index (χ4v) is 8.57. The number of carbonyl (C=O) groups is 2.